The summed E-state index contributed by atoms with van der Waals surface area (Å²) in [4.78, 5) is 27.6. The van der Waals surface area contributed by atoms with E-state index in [4.69, 9.17) is 14.2 Å². The van der Waals surface area contributed by atoms with Crippen LogP contribution in [0.15, 0.2) is 54.6 Å². The standard InChI is InChI=1S/C27H31N3O5/c28-17-23(19-34-18-20-6-2-1-3-7-20)29-26(31)25(35-27(32)30-12-14-33-15-13-30)16-22-11-10-21-8-4-5-9-24(21)22/h1-9,22-23,25H,10-16,18-19H2,(H,29,31). The van der Waals surface area contributed by atoms with Crippen LogP contribution in [0.3, 0.4) is 0 Å². The molecule has 1 aliphatic heterocycles. The molecule has 0 radical (unpaired) electrons. The lowest BCUT2D eigenvalue weighted by Gasteiger charge is -2.29. The highest BCUT2D eigenvalue weighted by atomic mass is 16.6. The molecule has 8 heteroatoms. The Balaban J connectivity index is 1.39. The van der Waals surface area contributed by atoms with E-state index in [2.05, 4.69) is 23.5 Å². The van der Waals surface area contributed by atoms with Crippen LogP contribution in [-0.4, -0.2) is 62.0 Å². The fourth-order valence-corrected chi connectivity index (χ4v) is 4.54. The first-order chi connectivity index (χ1) is 17.1. The SMILES string of the molecule is N#CC(COCc1ccccc1)NC(=O)C(CC1CCc2ccccc21)OC(=O)N1CCOCC1. The summed E-state index contributed by atoms with van der Waals surface area (Å²) in [6.07, 6.45) is 0.642. The fraction of sp³-hybridized carbons (Fsp3) is 0.444. The normalized spacial score (nSPS) is 18.7. The lowest BCUT2D eigenvalue weighted by molar-refractivity contribution is -0.131. The summed E-state index contributed by atoms with van der Waals surface area (Å²) < 4.78 is 16.7. The van der Waals surface area contributed by atoms with Gasteiger partial charge in [0.2, 0.25) is 0 Å². The topological polar surface area (TPSA) is 101 Å². The van der Waals surface area contributed by atoms with E-state index in [1.807, 2.05) is 42.5 Å². The van der Waals surface area contributed by atoms with Gasteiger partial charge in [0.15, 0.2) is 6.10 Å². The van der Waals surface area contributed by atoms with E-state index in [-0.39, 0.29) is 12.5 Å². The van der Waals surface area contributed by atoms with Gasteiger partial charge in [-0.25, -0.2) is 4.79 Å². The molecule has 2 aromatic carbocycles. The molecular formula is C27H31N3O5. The number of aryl methyl sites for hydroxylation is 1. The zero-order valence-electron chi connectivity index (χ0n) is 19.7. The van der Waals surface area contributed by atoms with Crippen molar-refractivity contribution in [3.05, 3.63) is 71.3 Å². The van der Waals surface area contributed by atoms with Crippen molar-refractivity contribution in [2.75, 3.05) is 32.9 Å². The number of nitriles is 1. The summed E-state index contributed by atoms with van der Waals surface area (Å²) in [5, 5.41) is 12.3. The number of carbonyl (C=O) groups is 2. The molecule has 0 bridgehead atoms. The Morgan fingerprint density at radius 2 is 1.86 bits per heavy atom. The molecule has 3 atom stereocenters. The molecule has 2 aromatic rings. The lowest BCUT2D eigenvalue weighted by atomic mass is 9.94. The van der Waals surface area contributed by atoms with Crippen molar-refractivity contribution in [1.29, 1.82) is 5.26 Å². The lowest BCUT2D eigenvalue weighted by Crippen LogP contribution is -2.48. The molecule has 1 fully saturated rings. The highest BCUT2D eigenvalue weighted by molar-refractivity contribution is 5.84. The molecule has 1 N–H and O–H groups in total. The average Bonchev–Trinajstić information content (AvgIpc) is 3.31. The molecule has 3 unspecified atom stereocenters. The molecule has 0 aromatic heterocycles. The van der Waals surface area contributed by atoms with Crippen LogP contribution in [0.2, 0.25) is 0 Å². The smallest absolute Gasteiger partial charge is 0.410 e. The predicted molar refractivity (Wildman–Crippen MR) is 128 cm³/mol. The van der Waals surface area contributed by atoms with E-state index < -0.39 is 24.1 Å². The van der Waals surface area contributed by atoms with Crippen molar-refractivity contribution in [3.8, 4) is 6.07 Å². The Hall–Kier alpha value is -3.41. The first kappa shape index (κ1) is 24.7. The second-order valence-corrected chi connectivity index (χ2v) is 8.83. The fourth-order valence-electron chi connectivity index (χ4n) is 4.54. The Labute approximate surface area is 205 Å². The van der Waals surface area contributed by atoms with Gasteiger partial charge in [0.25, 0.3) is 5.91 Å². The number of ether oxygens (including phenoxy) is 3. The molecule has 1 aliphatic carbocycles. The van der Waals surface area contributed by atoms with Gasteiger partial charge >= 0.3 is 6.09 Å². The minimum atomic E-state index is -1.01. The Kier molecular flexibility index (Phi) is 8.71. The van der Waals surface area contributed by atoms with Crippen molar-refractivity contribution in [1.82, 2.24) is 10.2 Å². The van der Waals surface area contributed by atoms with E-state index in [9.17, 15) is 14.9 Å². The van der Waals surface area contributed by atoms with Crippen LogP contribution in [0.4, 0.5) is 4.79 Å². The van der Waals surface area contributed by atoms with E-state index in [0.29, 0.717) is 39.3 Å². The zero-order chi connectivity index (χ0) is 24.5. The maximum atomic E-state index is 13.2. The second-order valence-electron chi connectivity index (χ2n) is 8.83. The number of hydrogen-bond donors (Lipinski definition) is 1. The summed E-state index contributed by atoms with van der Waals surface area (Å²) in [6.45, 7) is 2.10. The van der Waals surface area contributed by atoms with Gasteiger partial charge < -0.3 is 24.4 Å². The van der Waals surface area contributed by atoms with Gasteiger partial charge in [-0.3, -0.25) is 4.79 Å². The summed E-state index contributed by atoms with van der Waals surface area (Å²) in [5.74, 6) is -0.375. The van der Waals surface area contributed by atoms with Gasteiger partial charge in [-0.05, 0) is 35.4 Å². The number of morpholine rings is 1. The molecule has 184 valence electrons. The van der Waals surface area contributed by atoms with Gasteiger partial charge in [-0.2, -0.15) is 5.26 Å². The van der Waals surface area contributed by atoms with Gasteiger partial charge in [0.1, 0.15) is 6.04 Å². The number of rotatable bonds is 9. The number of hydrogen-bond acceptors (Lipinski definition) is 6. The van der Waals surface area contributed by atoms with E-state index in [0.717, 1.165) is 18.4 Å². The van der Waals surface area contributed by atoms with Crippen molar-refractivity contribution in [3.63, 3.8) is 0 Å². The third kappa shape index (κ3) is 6.81. The molecule has 8 nitrogen and oxygen atoms in total. The Morgan fingerprint density at radius 1 is 1.11 bits per heavy atom. The van der Waals surface area contributed by atoms with Crippen LogP contribution in [-0.2, 0) is 32.0 Å². The summed E-state index contributed by atoms with van der Waals surface area (Å²) in [6, 6.07) is 19.0. The Morgan fingerprint density at radius 3 is 2.63 bits per heavy atom. The maximum Gasteiger partial charge on any atom is 0.410 e. The number of nitrogens with zero attached hydrogens (tertiary/aromatic N) is 2. The van der Waals surface area contributed by atoms with Gasteiger partial charge in [0, 0.05) is 19.5 Å². The summed E-state index contributed by atoms with van der Waals surface area (Å²) in [7, 11) is 0. The van der Waals surface area contributed by atoms with Crippen LogP contribution in [0.1, 0.15) is 35.4 Å². The number of benzene rings is 2. The van der Waals surface area contributed by atoms with Crippen LogP contribution >= 0.6 is 0 Å². The molecule has 2 aliphatic rings. The monoisotopic (exact) mass is 477 g/mol. The Bertz CT molecular complexity index is 1030. The van der Waals surface area contributed by atoms with Crippen molar-refractivity contribution in [2.45, 2.75) is 43.9 Å². The number of fused-ring (bicyclic) bond motifs is 1. The minimum absolute atomic E-state index is 0.0352. The quantitative estimate of drug-likeness (QED) is 0.595. The van der Waals surface area contributed by atoms with Crippen LogP contribution < -0.4 is 5.32 Å². The highest BCUT2D eigenvalue weighted by Gasteiger charge is 2.33. The average molecular weight is 478 g/mol. The molecule has 1 heterocycles. The predicted octanol–water partition coefficient (Wildman–Crippen LogP) is 3.17. The maximum absolute atomic E-state index is 13.2. The first-order valence-corrected chi connectivity index (χ1v) is 12.1. The van der Waals surface area contributed by atoms with Crippen molar-refractivity contribution in [2.24, 2.45) is 0 Å². The molecular weight excluding hydrogens is 446 g/mol. The second kappa shape index (κ2) is 12.3. The molecule has 2 amide bonds. The summed E-state index contributed by atoms with van der Waals surface area (Å²) in [5.41, 5.74) is 3.43. The highest BCUT2D eigenvalue weighted by Crippen LogP contribution is 2.36. The van der Waals surface area contributed by atoms with Crippen LogP contribution in [0, 0.1) is 11.3 Å². The van der Waals surface area contributed by atoms with Gasteiger partial charge in [-0.15, -0.1) is 0 Å². The third-order valence-electron chi connectivity index (χ3n) is 6.43. The van der Waals surface area contributed by atoms with Crippen molar-refractivity contribution >= 4 is 12.0 Å². The molecule has 1 saturated heterocycles. The number of nitrogens with one attached hydrogen (secondary N) is 1. The largest absolute Gasteiger partial charge is 0.436 e. The van der Waals surface area contributed by atoms with Crippen molar-refractivity contribution < 1.29 is 23.8 Å². The number of carbonyl (C=O) groups excluding carboxylic acids is 2. The molecule has 35 heavy (non-hydrogen) atoms. The molecule has 4 rings (SSSR count). The van der Waals surface area contributed by atoms with E-state index in [1.54, 1.807) is 4.90 Å². The minimum Gasteiger partial charge on any atom is -0.436 e. The number of amides is 2. The molecule has 0 spiro atoms. The zero-order valence-corrected chi connectivity index (χ0v) is 19.7. The van der Waals surface area contributed by atoms with Gasteiger partial charge in [0.05, 0.1) is 32.5 Å². The molecule has 0 saturated carbocycles. The van der Waals surface area contributed by atoms with Crippen LogP contribution in [0.25, 0.3) is 0 Å². The first-order valence-electron chi connectivity index (χ1n) is 12.1. The van der Waals surface area contributed by atoms with Gasteiger partial charge in [-0.1, -0.05) is 54.6 Å². The third-order valence-corrected chi connectivity index (χ3v) is 6.43. The van der Waals surface area contributed by atoms with Crippen LogP contribution in [0.5, 0.6) is 0 Å². The summed E-state index contributed by atoms with van der Waals surface area (Å²) >= 11 is 0. The van der Waals surface area contributed by atoms with E-state index in [1.165, 1.54) is 11.1 Å². The van der Waals surface area contributed by atoms with E-state index >= 15 is 0 Å².